The molecule has 0 aliphatic carbocycles. The highest BCUT2D eigenvalue weighted by Gasteiger charge is 2.10. The molecule has 106 valence electrons. The number of phenolic OH excluding ortho intramolecular Hbond substituents is 1. The number of pyridine rings is 1. The molecule has 0 atom stereocenters. The third-order valence-corrected chi connectivity index (χ3v) is 3.07. The van der Waals surface area contributed by atoms with Crippen LogP contribution in [0, 0.1) is 13.8 Å². The summed E-state index contributed by atoms with van der Waals surface area (Å²) in [7, 11) is 0. The van der Waals surface area contributed by atoms with E-state index in [4.69, 9.17) is 4.52 Å². The summed E-state index contributed by atoms with van der Waals surface area (Å²) < 4.78 is 5.28. The topological polar surface area (TPSA) is 72.0 Å². The lowest BCUT2D eigenvalue weighted by Crippen LogP contribution is -1.91. The molecule has 5 heteroatoms. The number of benzene rings is 1. The molecule has 3 aromatic rings. The molecule has 0 amide bonds. The Balaban J connectivity index is 1.86. The molecule has 0 aliphatic heterocycles. The lowest BCUT2D eigenvalue weighted by molar-refractivity contribution is 0.385. The van der Waals surface area contributed by atoms with Crippen LogP contribution in [0.4, 0.5) is 0 Å². The molecule has 0 aliphatic rings. The minimum Gasteiger partial charge on any atom is -0.508 e. The first-order chi connectivity index (χ1) is 10.1. The van der Waals surface area contributed by atoms with Gasteiger partial charge in [-0.05, 0) is 43.7 Å². The van der Waals surface area contributed by atoms with Gasteiger partial charge in [-0.3, -0.25) is 4.98 Å². The van der Waals surface area contributed by atoms with Gasteiger partial charge in [-0.15, -0.1) is 0 Å². The molecule has 2 aromatic heterocycles. The summed E-state index contributed by atoms with van der Waals surface area (Å²) in [5, 5.41) is 13.5. The fraction of sp³-hybridized carbons (Fsp3) is 0.188. The van der Waals surface area contributed by atoms with Gasteiger partial charge in [-0.2, -0.15) is 4.98 Å². The molecule has 3 rings (SSSR count). The summed E-state index contributed by atoms with van der Waals surface area (Å²) in [5.74, 6) is 1.30. The number of nitrogens with zero attached hydrogens (tertiary/aromatic N) is 3. The lowest BCUT2D eigenvalue weighted by atomic mass is 10.1. The summed E-state index contributed by atoms with van der Waals surface area (Å²) in [6, 6.07) is 10.9. The van der Waals surface area contributed by atoms with Gasteiger partial charge in [-0.25, -0.2) is 0 Å². The lowest BCUT2D eigenvalue weighted by Gasteiger charge is -1.99. The Morgan fingerprint density at radius 2 is 1.81 bits per heavy atom. The maximum atomic E-state index is 9.46. The van der Waals surface area contributed by atoms with Crippen molar-refractivity contribution < 1.29 is 9.63 Å². The molecule has 0 radical (unpaired) electrons. The fourth-order valence-electron chi connectivity index (χ4n) is 2.25. The van der Waals surface area contributed by atoms with Gasteiger partial charge in [0.15, 0.2) is 0 Å². The largest absolute Gasteiger partial charge is 0.508 e. The van der Waals surface area contributed by atoms with Crippen molar-refractivity contribution in [3.05, 3.63) is 59.2 Å². The van der Waals surface area contributed by atoms with E-state index in [9.17, 15) is 5.11 Å². The first-order valence-corrected chi connectivity index (χ1v) is 6.66. The second-order valence-electron chi connectivity index (χ2n) is 5.00. The third-order valence-electron chi connectivity index (χ3n) is 3.07. The molecule has 21 heavy (non-hydrogen) atoms. The van der Waals surface area contributed by atoms with Crippen molar-refractivity contribution in [2.75, 3.05) is 0 Å². The maximum Gasteiger partial charge on any atom is 0.231 e. The van der Waals surface area contributed by atoms with E-state index in [1.807, 2.05) is 32.0 Å². The van der Waals surface area contributed by atoms with E-state index in [0.29, 0.717) is 18.1 Å². The number of aromatic nitrogens is 3. The van der Waals surface area contributed by atoms with Crippen LogP contribution >= 0.6 is 0 Å². The van der Waals surface area contributed by atoms with Gasteiger partial charge in [0.1, 0.15) is 5.75 Å². The van der Waals surface area contributed by atoms with Crippen molar-refractivity contribution in [3.8, 4) is 17.1 Å². The van der Waals surface area contributed by atoms with Crippen LogP contribution in [0.3, 0.4) is 0 Å². The molecular weight excluding hydrogens is 266 g/mol. The molecule has 0 unspecified atom stereocenters. The zero-order valence-electron chi connectivity index (χ0n) is 11.9. The molecule has 1 aromatic carbocycles. The predicted octanol–water partition coefficient (Wildman–Crippen LogP) is 3.04. The molecular formula is C16H15N3O2. The minimum atomic E-state index is 0.229. The SMILES string of the molecule is Cc1cc(-c2noc(Cc3cccc(O)c3)n2)cc(C)n1. The zero-order chi connectivity index (χ0) is 14.8. The van der Waals surface area contributed by atoms with E-state index in [1.165, 1.54) is 0 Å². The summed E-state index contributed by atoms with van der Waals surface area (Å²) >= 11 is 0. The van der Waals surface area contributed by atoms with Gasteiger partial charge >= 0.3 is 0 Å². The van der Waals surface area contributed by atoms with E-state index in [-0.39, 0.29) is 5.75 Å². The van der Waals surface area contributed by atoms with E-state index in [1.54, 1.807) is 18.2 Å². The van der Waals surface area contributed by atoms with Crippen LogP contribution in [-0.4, -0.2) is 20.2 Å². The molecule has 0 saturated heterocycles. The Morgan fingerprint density at radius 3 is 2.52 bits per heavy atom. The molecule has 0 bridgehead atoms. The summed E-state index contributed by atoms with van der Waals surface area (Å²) in [6.07, 6.45) is 0.491. The van der Waals surface area contributed by atoms with Gasteiger partial charge in [0.2, 0.25) is 11.7 Å². The minimum absolute atomic E-state index is 0.229. The van der Waals surface area contributed by atoms with Crippen molar-refractivity contribution in [3.63, 3.8) is 0 Å². The molecule has 0 saturated carbocycles. The van der Waals surface area contributed by atoms with Gasteiger partial charge in [-0.1, -0.05) is 17.3 Å². The van der Waals surface area contributed by atoms with Gasteiger partial charge in [0.25, 0.3) is 0 Å². The first kappa shape index (κ1) is 13.3. The van der Waals surface area contributed by atoms with Crippen LogP contribution in [0.15, 0.2) is 40.9 Å². The average molecular weight is 281 g/mol. The van der Waals surface area contributed by atoms with Crippen LogP contribution in [0.1, 0.15) is 22.8 Å². The Morgan fingerprint density at radius 1 is 1.05 bits per heavy atom. The maximum absolute atomic E-state index is 9.46. The highest BCUT2D eigenvalue weighted by Crippen LogP contribution is 2.19. The first-order valence-electron chi connectivity index (χ1n) is 6.66. The monoisotopic (exact) mass is 281 g/mol. The molecule has 0 spiro atoms. The van der Waals surface area contributed by atoms with Crippen molar-refractivity contribution in [2.45, 2.75) is 20.3 Å². The molecule has 0 fully saturated rings. The number of aromatic hydroxyl groups is 1. The van der Waals surface area contributed by atoms with Crippen molar-refractivity contribution in [1.82, 2.24) is 15.1 Å². The van der Waals surface area contributed by atoms with E-state index >= 15 is 0 Å². The van der Waals surface area contributed by atoms with Crippen LogP contribution in [0.2, 0.25) is 0 Å². The molecule has 5 nitrogen and oxygen atoms in total. The van der Waals surface area contributed by atoms with Gasteiger partial charge in [0.05, 0.1) is 6.42 Å². The van der Waals surface area contributed by atoms with Crippen LogP contribution in [0.5, 0.6) is 5.75 Å². The highest BCUT2D eigenvalue weighted by atomic mass is 16.5. The Labute approximate surface area is 122 Å². The predicted molar refractivity (Wildman–Crippen MR) is 77.9 cm³/mol. The van der Waals surface area contributed by atoms with Crippen LogP contribution in [0.25, 0.3) is 11.4 Å². The van der Waals surface area contributed by atoms with E-state index in [2.05, 4.69) is 15.1 Å². The normalized spacial score (nSPS) is 10.8. The standard InChI is InChI=1S/C16H15N3O2/c1-10-6-13(7-11(2)17-10)16-18-15(21-19-16)9-12-4-3-5-14(20)8-12/h3-8,20H,9H2,1-2H3. The highest BCUT2D eigenvalue weighted by molar-refractivity contribution is 5.55. The van der Waals surface area contributed by atoms with Crippen molar-refractivity contribution >= 4 is 0 Å². The molecule has 1 N–H and O–H groups in total. The summed E-state index contributed by atoms with van der Waals surface area (Å²) in [5.41, 5.74) is 3.66. The smallest absolute Gasteiger partial charge is 0.231 e. The Bertz CT molecular complexity index is 760. The number of hydrogen-bond acceptors (Lipinski definition) is 5. The van der Waals surface area contributed by atoms with Crippen LogP contribution < -0.4 is 0 Å². The number of aryl methyl sites for hydroxylation is 2. The van der Waals surface area contributed by atoms with E-state index in [0.717, 1.165) is 22.5 Å². The average Bonchev–Trinajstić information content (AvgIpc) is 2.86. The summed E-state index contributed by atoms with van der Waals surface area (Å²) in [6.45, 7) is 3.87. The van der Waals surface area contributed by atoms with Crippen molar-refractivity contribution in [2.24, 2.45) is 0 Å². The number of rotatable bonds is 3. The fourth-order valence-corrected chi connectivity index (χ4v) is 2.25. The molecule has 2 heterocycles. The second-order valence-corrected chi connectivity index (χ2v) is 5.00. The zero-order valence-corrected chi connectivity index (χ0v) is 11.9. The Kier molecular flexibility index (Phi) is 3.39. The van der Waals surface area contributed by atoms with Crippen LogP contribution in [-0.2, 0) is 6.42 Å². The van der Waals surface area contributed by atoms with Crippen molar-refractivity contribution in [1.29, 1.82) is 0 Å². The number of phenols is 1. The quantitative estimate of drug-likeness (QED) is 0.798. The van der Waals surface area contributed by atoms with Gasteiger partial charge < -0.3 is 9.63 Å². The van der Waals surface area contributed by atoms with Gasteiger partial charge in [0, 0.05) is 17.0 Å². The number of hydrogen-bond donors (Lipinski definition) is 1. The second kappa shape index (κ2) is 5.36. The Hall–Kier alpha value is -2.69. The summed E-state index contributed by atoms with van der Waals surface area (Å²) in [4.78, 5) is 8.73. The third kappa shape index (κ3) is 3.08. The van der Waals surface area contributed by atoms with E-state index < -0.39 is 0 Å².